The fraction of sp³-hybridized carbons (Fsp3) is 0.783. The molecule has 0 aromatic rings. The molecule has 1 aliphatic rings. The van der Waals surface area contributed by atoms with Crippen LogP contribution < -0.4 is 21.3 Å². The van der Waals surface area contributed by atoms with Crippen LogP contribution in [0.4, 0.5) is 0 Å². The van der Waals surface area contributed by atoms with Crippen LogP contribution in [0.15, 0.2) is 0 Å². The Morgan fingerprint density at radius 1 is 0.882 bits per heavy atom. The van der Waals surface area contributed by atoms with E-state index >= 15 is 0 Å². The van der Waals surface area contributed by atoms with Gasteiger partial charge in [0.25, 0.3) is 0 Å². The first-order chi connectivity index (χ1) is 16.0. The van der Waals surface area contributed by atoms with E-state index in [1.54, 1.807) is 0 Å². The lowest BCUT2D eigenvalue weighted by molar-refractivity contribution is -0.143. The number of nitrogens with one attached hydrogen (secondary N) is 4. The highest BCUT2D eigenvalue weighted by molar-refractivity contribution is 5.89. The molecule has 1 fully saturated rings. The molecule has 0 aromatic heterocycles. The molecular formula is C23H42N4O7. The molecule has 2 atom stereocenters. The van der Waals surface area contributed by atoms with Crippen molar-refractivity contribution in [2.75, 3.05) is 20.6 Å². The van der Waals surface area contributed by atoms with Crippen molar-refractivity contribution in [3.63, 3.8) is 0 Å². The molecule has 11 nitrogen and oxygen atoms in total. The van der Waals surface area contributed by atoms with E-state index in [1.807, 2.05) is 21.0 Å². The summed E-state index contributed by atoms with van der Waals surface area (Å²) in [4.78, 5) is 59.2. The van der Waals surface area contributed by atoms with E-state index < -0.39 is 35.8 Å². The van der Waals surface area contributed by atoms with E-state index in [2.05, 4.69) is 28.2 Å². The summed E-state index contributed by atoms with van der Waals surface area (Å²) in [5.41, 5.74) is 0. The number of hydrogen-bond acceptors (Lipinski definition) is 6. The van der Waals surface area contributed by atoms with Crippen LogP contribution in [0, 0.1) is 11.8 Å². The van der Waals surface area contributed by atoms with Crippen molar-refractivity contribution in [3.8, 4) is 0 Å². The largest absolute Gasteiger partial charge is 0.481 e. The number of carboxylic acids is 2. The maximum Gasteiger partial charge on any atom is 0.326 e. The quantitative estimate of drug-likeness (QED) is 0.222. The van der Waals surface area contributed by atoms with Crippen LogP contribution >= 0.6 is 0 Å². The highest BCUT2D eigenvalue weighted by Crippen LogP contribution is 2.28. The minimum absolute atomic E-state index is 0.0736. The second-order valence-electron chi connectivity index (χ2n) is 8.74. The van der Waals surface area contributed by atoms with Crippen LogP contribution in [0.25, 0.3) is 0 Å². The Balaban J connectivity index is 0.00000343. The molecule has 0 radical (unpaired) electrons. The van der Waals surface area contributed by atoms with E-state index in [4.69, 9.17) is 5.11 Å². The van der Waals surface area contributed by atoms with Crippen molar-refractivity contribution < 1.29 is 34.2 Å². The van der Waals surface area contributed by atoms with Gasteiger partial charge >= 0.3 is 11.9 Å². The SMILES string of the molecule is CCCNC(=O)C(CCC(=O)O)NC(=O)CCC(NC(=O)C1CCC(C)CC1)C(=O)O.CNC. The van der Waals surface area contributed by atoms with Gasteiger partial charge in [-0.1, -0.05) is 13.8 Å². The lowest BCUT2D eigenvalue weighted by atomic mass is 9.82. The number of carboxylic acid groups (broad SMARTS) is 2. The van der Waals surface area contributed by atoms with Gasteiger partial charge in [0, 0.05) is 25.3 Å². The van der Waals surface area contributed by atoms with Gasteiger partial charge in [-0.2, -0.15) is 0 Å². The Morgan fingerprint density at radius 3 is 1.94 bits per heavy atom. The summed E-state index contributed by atoms with van der Waals surface area (Å²) in [5.74, 6) is -3.33. The highest BCUT2D eigenvalue weighted by Gasteiger charge is 2.29. The number of hydrogen-bond donors (Lipinski definition) is 6. The van der Waals surface area contributed by atoms with Crippen LogP contribution in [-0.4, -0.2) is 72.6 Å². The second kappa shape index (κ2) is 17.7. The molecule has 0 saturated heterocycles. The molecule has 196 valence electrons. The van der Waals surface area contributed by atoms with Crippen molar-refractivity contribution in [2.24, 2.45) is 11.8 Å². The third kappa shape index (κ3) is 13.8. The van der Waals surface area contributed by atoms with Crippen LogP contribution in [0.1, 0.15) is 71.6 Å². The third-order valence-electron chi connectivity index (χ3n) is 5.51. The van der Waals surface area contributed by atoms with E-state index in [1.165, 1.54) is 0 Å². The van der Waals surface area contributed by atoms with Crippen molar-refractivity contribution in [1.29, 1.82) is 0 Å². The van der Waals surface area contributed by atoms with Gasteiger partial charge in [-0.3, -0.25) is 19.2 Å². The lowest BCUT2D eigenvalue weighted by Gasteiger charge is -2.26. The minimum Gasteiger partial charge on any atom is -0.481 e. The van der Waals surface area contributed by atoms with Gasteiger partial charge in [-0.15, -0.1) is 0 Å². The molecule has 34 heavy (non-hydrogen) atoms. The maximum atomic E-state index is 12.4. The molecule has 0 bridgehead atoms. The normalized spacial score (nSPS) is 18.9. The van der Waals surface area contributed by atoms with Gasteiger partial charge in [-0.25, -0.2) is 4.79 Å². The molecular weight excluding hydrogens is 444 g/mol. The van der Waals surface area contributed by atoms with Gasteiger partial charge in [-0.05, 0) is 65.0 Å². The van der Waals surface area contributed by atoms with Crippen molar-refractivity contribution >= 4 is 29.7 Å². The average Bonchev–Trinajstić information content (AvgIpc) is 2.78. The summed E-state index contributed by atoms with van der Waals surface area (Å²) < 4.78 is 0. The maximum absolute atomic E-state index is 12.4. The van der Waals surface area contributed by atoms with Crippen LogP contribution in [0.2, 0.25) is 0 Å². The number of carbonyl (C=O) groups excluding carboxylic acids is 3. The average molecular weight is 487 g/mol. The fourth-order valence-corrected chi connectivity index (χ4v) is 3.52. The summed E-state index contributed by atoms with van der Waals surface area (Å²) >= 11 is 0. The smallest absolute Gasteiger partial charge is 0.326 e. The third-order valence-corrected chi connectivity index (χ3v) is 5.51. The predicted molar refractivity (Wildman–Crippen MR) is 127 cm³/mol. The standard InChI is InChI=1S/C21H35N3O7.C2H7N/c1-3-12-22-20(29)15(9-11-18(26)27)23-17(25)10-8-16(21(30)31)24-19(28)14-6-4-13(2)5-7-14;1-3-2/h13-16H,3-12H2,1-2H3,(H,22,29)(H,23,25)(H,24,28)(H,26,27)(H,30,31);3H,1-2H3. The topological polar surface area (TPSA) is 174 Å². The number of carbonyl (C=O) groups is 5. The first-order valence-corrected chi connectivity index (χ1v) is 12.0. The molecule has 0 aromatic carbocycles. The van der Waals surface area contributed by atoms with Gasteiger partial charge in [0.2, 0.25) is 17.7 Å². The first kappa shape index (κ1) is 31.3. The molecule has 6 N–H and O–H groups in total. The zero-order valence-corrected chi connectivity index (χ0v) is 20.8. The van der Waals surface area contributed by atoms with Gasteiger partial charge < -0.3 is 31.5 Å². The Hall–Kier alpha value is -2.69. The molecule has 2 unspecified atom stereocenters. The first-order valence-electron chi connectivity index (χ1n) is 12.0. The summed E-state index contributed by atoms with van der Waals surface area (Å²) in [6, 6.07) is -2.22. The summed E-state index contributed by atoms with van der Waals surface area (Å²) in [7, 11) is 3.75. The predicted octanol–water partition coefficient (Wildman–Crippen LogP) is 0.874. The summed E-state index contributed by atoms with van der Waals surface area (Å²) in [5, 5.41) is 28.6. The van der Waals surface area contributed by atoms with Crippen molar-refractivity contribution in [2.45, 2.75) is 83.7 Å². The molecule has 1 saturated carbocycles. The van der Waals surface area contributed by atoms with Crippen LogP contribution in [0.3, 0.4) is 0 Å². The zero-order valence-electron chi connectivity index (χ0n) is 20.8. The Labute approximate surface area is 201 Å². The number of rotatable bonds is 13. The molecule has 11 heteroatoms. The van der Waals surface area contributed by atoms with Crippen LogP contribution in [0.5, 0.6) is 0 Å². The Bertz CT molecular complexity index is 664. The zero-order chi connectivity index (χ0) is 26.1. The monoisotopic (exact) mass is 486 g/mol. The van der Waals surface area contributed by atoms with E-state index in [-0.39, 0.29) is 37.5 Å². The molecule has 0 spiro atoms. The molecule has 0 aliphatic heterocycles. The summed E-state index contributed by atoms with van der Waals surface area (Å²) in [6.45, 7) is 4.38. The van der Waals surface area contributed by atoms with Gasteiger partial charge in [0.05, 0.1) is 0 Å². The Morgan fingerprint density at radius 2 is 1.44 bits per heavy atom. The summed E-state index contributed by atoms with van der Waals surface area (Å²) in [6.07, 6.45) is 3.27. The molecule has 3 amide bonds. The van der Waals surface area contributed by atoms with E-state index in [0.29, 0.717) is 18.9 Å². The number of amides is 3. The van der Waals surface area contributed by atoms with Crippen LogP contribution in [-0.2, 0) is 24.0 Å². The highest BCUT2D eigenvalue weighted by atomic mass is 16.4. The van der Waals surface area contributed by atoms with Crippen molar-refractivity contribution in [3.05, 3.63) is 0 Å². The molecule has 0 heterocycles. The Kier molecular flexibility index (Phi) is 16.3. The molecule has 1 rings (SSSR count). The van der Waals surface area contributed by atoms with E-state index in [9.17, 15) is 29.1 Å². The van der Waals surface area contributed by atoms with Crippen molar-refractivity contribution in [1.82, 2.24) is 21.3 Å². The minimum atomic E-state index is -1.23. The van der Waals surface area contributed by atoms with E-state index in [0.717, 1.165) is 25.7 Å². The molecule has 1 aliphatic carbocycles. The van der Waals surface area contributed by atoms with Gasteiger partial charge in [0.1, 0.15) is 12.1 Å². The number of aliphatic carboxylic acids is 2. The fourth-order valence-electron chi connectivity index (χ4n) is 3.52. The lowest BCUT2D eigenvalue weighted by Crippen LogP contribution is -2.48. The van der Waals surface area contributed by atoms with Gasteiger partial charge in [0.15, 0.2) is 0 Å². The second-order valence-corrected chi connectivity index (χ2v) is 8.74.